The van der Waals surface area contributed by atoms with Gasteiger partial charge < -0.3 is 10.5 Å². The van der Waals surface area contributed by atoms with Crippen molar-refractivity contribution in [2.24, 2.45) is 5.73 Å². The smallest absolute Gasteiger partial charge is 0.410 e. The van der Waals surface area contributed by atoms with E-state index in [1.54, 1.807) is 0 Å². The van der Waals surface area contributed by atoms with Crippen LogP contribution in [0.5, 0.6) is 0 Å². The van der Waals surface area contributed by atoms with Crippen LogP contribution in [0.3, 0.4) is 0 Å². The van der Waals surface area contributed by atoms with E-state index < -0.39 is 0 Å². The number of carbonyl (C=O) groups is 1. The molecule has 1 atom stereocenters. The molecule has 1 aromatic rings. The lowest BCUT2D eigenvalue weighted by Gasteiger charge is -2.42. The number of benzene rings is 1. The molecule has 1 saturated carbocycles. The van der Waals surface area contributed by atoms with Crippen LogP contribution in [-0.4, -0.2) is 36.2 Å². The molecule has 1 saturated heterocycles. The average molecular weight is 359 g/mol. The number of amides is 1. The quantitative estimate of drug-likeness (QED) is 0.895. The molecule has 0 aromatic heterocycles. The summed E-state index contributed by atoms with van der Waals surface area (Å²) in [6, 6.07) is 8.47. The SMILES string of the molecule is C[C@H]1COC(=O)N1[C@H]1CC[C@](CN)(c2cccc(Cl)c2)CC1.Cl. The number of hydrogen-bond donors (Lipinski definition) is 1. The van der Waals surface area contributed by atoms with Crippen LogP contribution in [0.25, 0.3) is 0 Å². The van der Waals surface area contributed by atoms with Crippen molar-refractivity contribution in [1.29, 1.82) is 0 Å². The molecular formula is C17H24Cl2N2O2. The maximum absolute atomic E-state index is 11.9. The molecule has 23 heavy (non-hydrogen) atoms. The van der Waals surface area contributed by atoms with Crippen molar-refractivity contribution in [3.63, 3.8) is 0 Å². The fourth-order valence-corrected chi connectivity index (χ4v) is 4.09. The number of nitrogens with zero attached hydrogens (tertiary/aromatic N) is 1. The Balaban J connectivity index is 0.00000192. The zero-order valence-corrected chi connectivity index (χ0v) is 14.9. The molecule has 1 aliphatic carbocycles. The minimum Gasteiger partial charge on any atom is -0.447 e. The highest BCUT2D eigenvalue weighted by Crippen LogP contribution is 2.41. The molecular weight excluding hydrogens is 335 g/mol. The van der Waals surface area contributed by atoms with Crippen LogP contribution >= 0.6 is 24.0 Å². The molecule has 0 radical (unpaired) electrons. The molecule has 2 N–H and O–H groups in total. The van der Waals surface area contributed by atoms with Crippen LogP contribution in [0.4, 0.5) is 4.79 Å². The van der Waals surface area contributed by atoms with Gasteiger partial charge in [-0.05, 0) is 50.3 Å². The fourth-order valence-electron chi connectivity index (χ4n) is 3.90. The molecule has 3 rings (SSSR count). The second-order valence-corrected chi connectivity index (χ2v) is 7.00. The summed E-state index contributed by atoms with van der Waals surface area (Å²) in [6.45, 7) is 3.17. The van der Waals surface area contributed by atoms with Crippen molar-refractivity contribution in [3.05, 3.63) is 34.9 Å². The van der Waals surface area contributed by atoms with Crippen molar-refractivity contribution < 1.29 is 9.53 Å². The van der Waals surface area contributed by atoms with Gasteiger partial charge in [0.15, 0.2) is 0 Å². The molecule has 0 spiro atoms. The Kier molecular flexibility index (Phi) is 5.82. The first-order chi connectivity index (χ1) is 10.6. The van der Waals surface area contributed by atoms with Gasteiger partial charge in [0.1, 0.15) is 6.61 Å². The minimum atomic E-state index is -0.166. The third kappa shape index (κ3) is 3.44. The Labute approximate surface area is 148 Å². The van der Waals surface area contributed by atoms with Crippen molar-refractivity contribution in [2.45, 2.75) is 50.1 Å². The molecule has 1 amide bonds. The standard InChI is InChI=1S/C17H23ClN2O2.ClH/c1-12-10-22-16(21)20(12)15-5-7-17(11-19,8-6-15)13-3-2-4-14(18)9-13;/h2-4,9,12,15H,5-8,10-11,19H2,1H3;1H/t12-,15-,17-;/m0./s1. The second-order valence-electron chi connectivity index (χ2n) is 6.56. The van der Waals surface area contributed by atoms with Crippen LogP contribution < -0.4 is 5.73 Å². The zero-order chi connectivity index (χ0) is 15.7. The highest BCUT2D eigenvalue weighted by molar-refractivity contribution is 6.30. The van der Waals surface area contributed by atoms with E-state index in [9.17, 15) is 4.79 Å². The number of nitrogens with two attached hydrogens (primary N) is 1. The molecule has 2 fully saturated rings. The number of halogens is 2. The molecule has 2 aliphatic rings. The third-order valence-electron chi connectivity index (χ3n) is 5.27. The summed E-state index contributed by atoms with van der Waals surface area (Å²) in [5, 5.41) is 0.754. The van der Waals surface area contributed by atoms with Gasteiger partial charge in [0.25, 0.3) is 0 Å². The van der Waals surface area contributed by atoms with Crippen LogP contribution in [0.2, 0.25) is 5.02 Å². The van der Waals surface area contributed by atoms with Gasteiger partial charge in [-0.2, -0.15) is 0 Å². The van der Waals surface area contributed by atoms with E-state index in [-0.39, 0.29) is 36.0 Å². The highest BCUT2D eigenvalue weighted by atomic mass is 35.5. The maximum atomic E-state index is 11.9. The van der Waals surface area contributed by atoms with E-state index in [1.807, 2.05) is 30.0 Å². The van der Waals surface area contributed by atoms with Gasteiger partial charge in [-0.25, -0.2) is 4.79 Å². The van der Waals surface area contributed by atoms with Gasteiger partial charge in [0.2, 0.25) is 0 Å². The Morgan fingerprint density at radius 3 is 2.61 bits per heavy atom. The summed E-state index contributed by atoms with van der Waals surface area (Å²) in [4.78, 5) is 13.8. The molecule has 1 heterocycles. The van der Waals surface area contributed by atoms with E-state index in [0.29, 0.717) is 13.2 Å². The lowest BCUT2D eigenvalue weighted by molar-refractivity contribution is 0.119. The van der Waals surface area contributed by atoms with Gasteiger partial charge in [-0.1, -0.05) is 23.7 Å². The van der Waals surface area contributed by atoms with Crippen molar-refractivity contribution in [2.75, 3.05) is 13.2 Å². The Morgan fingerprint density at radius 1 is 1.39 bits per heavy atom. The van der Waals surface area contributed by atoms with Crippen LogP contribution in [0.1, 0.15) is 38.2 Å². The second kappa shape index (κ2) is 7.29. The first-order valence-electron chi connectivity index (χ1n) is 7.97. The van der Waals surface area contributed by atoms with E-state index in [2.05, 4.69) is 6.07 Å². The van der Waals surface area contributed by atoms with Gasteiger partial charge in [0.05, 0.1) is 6.04 Å². The number of carbonyl (C=O) groups excluding carboxylic acids is 1. The number of ether oxygens (including phenoxy) is 1. The first-order valence-corrected chi connectivity index (χ1v) is 8.35. The topological polar surface area (TPSA) is 55.6 Å². The number of hydrogen-bond acceptors (Lipinski definition) is 3. The molecule has 1 aliphatic heterocycles. The number of rotatable bonds is 3. The molecule has 128 valence electrons. The average Bonchev–Trinajstić information content (AvgIpc) is 2.86. The first kappa shape index (κ1) is 18.4. The lowest BCUT2D eigenvalue weighted by Crippen LogP contribution is -2.47. The molecule has 1 aromatic carbocycles. The normalized spacial score (nSPS) is 30.7. The summed E-state index contributed by atoms with van der Waals surface area (Å²) in [5.74, 6) is 0. The summed E-state index contributed by atoms with van der Waals surface area (Å²) < 4.78 is 5.15. The van der Waals surface area contributed by atoms with Gasteiger partial charge in [-0.3, -0.25) is 4.90 Å². The molecule has 0 bridgehead atoms. The zero-order valence-electron chi connectivity index (χ0n) is 13.3. The Bertz CT molecular complexity index is 559. The van der Waals surface area contributed by atoms with Gasteiger partial charge in [-0.15, -0.1) is 12.4 Å². The van der Waals surface area contributed by atoms with E-state index >= 15 is 0 Å². The van der Waals surface area contributed by atoms with Gasteiger partial charge in [0, 0.05) is 23.0 Å². The minimum absolute atomic E-state index is 0. The largest absolute Gasteiger partial charge is 0.447 e. The maximum Gasteiger partial charge on any atom is 0.410 e. The van der Waals surface area contributed by atoms with Crippen LogP contribution in [-0.2, 0) is 10.2 Å². The van der Waals surface area contributed by atoms with Crippen molar-refractivity contribution in [1.82, 2.24) is 4.90 Å². The van der Waals surface area contributed by atoms with Crippen molar-refractivity contribution in [3.8, 4) is 0 Å². The van der Waals surface area contributed by atoms with Crippen LogP contribution in [0, 0.1) is 0 Å². The Morgan fingerprint density at radius 2 is 2.09 bits per heavy atom. The predicted molar refractivity (Wildman–Crippen MR) is 94.3 cm³/mol. The van der Waals surface area contributed by atoms with Crippen molar-refractivity contribution >= 4 is 30.1 Å². The summed E-state index contributed by atoms with van der Waals surface area (Å²) in [5.41, 5.74) is 7.33. The molecule has 6 heteroatoms. The fraction of sp³-hybridized carbons (Fsp3) is 0.588. The van der Waals surface area contributed by atoms with E-state index in [1.165, 1.54) is 5.56 Å². The summed E-state index contributed by atoms with van der Waals surface area (Å²) >= 11 is 6.14. The van der Waals surface area contributed by atoms with Gasteiger partial charge >= 0.3 is 6.09 Å². The number of cyclic esters (lactones) is 1. The Hall–Kier alpha value is -0.970. The predicted octanol–water partition coefficient (Wildman–Crippen LogP) is 3.74. The monoisotopic (exact) mass is 358 g/mol. The third-order valence-corrected chi connectivity index (χ3v) is 5.50. The summed E-state index contributed by atoms with van der Waals surface area (Å²) in [6.07, 6.45) is 3.71. The van der Waals surface area contributed by atoms with E-state index in [0.717, 1.165) is 30.7 Å². The highest BCUT2D eigenvalue weighted by Gasteiger charge is 2.42. The summed E-state index contributed by atoms with van der Waals surface area (Å²) in [7, 11) is 0. The molecule has 4 nitrogen and oxygen atoms in total. The van der Waals surface area contributed by atoms with Crippen LogP contribution in [0.15, 0.2) is 24.3 Å². The van der Waals surface area contributed by atoms with E-state index in [4.69, 9.17) is 22.1 Å². The lowest BCUT2D eigenvalue weighted by atomic mass is 9.68. The molecule has 0 unspecified atom stereocenters.